The van der Waals surface area contributed by atoms with Crippen molar-refractivity contribution in [1.29, 1.82) is 0 Å². The van der Waals surface area contributed by atoms with Gasteiger partial charge >= 0.3 is 0 Å². The molecule has 0 spiro atoms. The summed E-state index contributed by atoms with van der Waals surface area (Å²) in [4.78, 5) is 0. The summed E-state index contributed by atoms with van der Waals surface area (Å²) in [5.74, 6) is -1.69. The Bertz CT molecular complexity index is 605. The third kappa shape index (κ3) is 4.06. The molecule has 2 aromatic rings. The molecule has 2 rings (SSSR count). The standard InChI is InChI=1S/C15H14ClF2NO.ClH/c1-2-13(19)11-7-8-12(17)15(14(11)18)20-10-5-3-9(16)4-6-10;/h3-8,13H,2,19H2,1H3;1H. The maximum absolute atomic E-state index is 14.3. The molecule has 0 aliphatic carbocycles. The SMILES string of the molecule is CCC(N)c1ccc(F)c(Oc2ccc(Cl)cc2)c1F.Cl. The van der Waals surface area contributed by atoms with Crippen molar-refractivity contribution in [3.8, 4) is 11.5 Å². The highest BCUT2D eigenvalue weighted by Gasteiger charge is 2.19. The molecule has 0 aliphatic rings. The van der Waals surface area contributed by atoms with E-state index in [0.29, 0.717) is 17.2 Å². The summed E-state index contributed by atoms with van der Waals surface area (Å²) >= 11 is 5.74. The van der Waals surface area contributed by atoms with E-state index >= 15 is 0 Å². The van der Waals surface area contributed by atoms with Gasteiger partial charge in [0.2, 0.25) is 0 Å². The number of benzene rings is 2. The number of hydrogen-bond donors (Lipinski definition) is 1. The zero-order chi connectivity index (χ0) is 14.7. The molecule has 2 N–H and O–H groups in total. The molecule has 1 unspecified atom stereocenters. The van der Waals surface area contributed by atoms with Gasteiger partial charge in [0.15, 0.2) is 17.4 Å². The Hall–Kier alpha value is -1.36. The van der Waals surface area contributed by atoms with E-state index in [9.17, 15) is 8.78 Å². The summed E-state index contributed by atoms with van der Waals surface area (Å²) in [5, 5.41) is 0.514. The van der Waals surface area contributed by atoms with E-state index in [4.69, 9.17) is 22.1 Å². The molecule has 1 atom stereocenters. The van der Waals surface area contributed by atoms with Crippen LogP contribution in [-0.4, -0.2) is 0 Å². The molecule has 0 amide bonds. The van der Waals surface area contributed by atoms with E-state index in [1.54, 1.807) is 12.1 Å². The summed E-state index contributed by atoms with van der Waals surface area (Å²) in [6.07, 6.45) is 0.545. The van der Waals surface area contributed by atoms with Crippen LogP contribution in [0.1, 0.15) is 24.9 Å². The Kier molecular flexibility index (Phi) is 6.40. The molecule has 0 radical (unpaired) electrons. The normalized spacial score (nSPS) is 11.7. The van der Waals surface area contributed by atoms with Crippen LogP contribution in [0.3, 0.4) is 0 Å². The molecule has 0 saturated heterocycles. The van der Waals surface area contributed by atoms with Gasteiger partial charge in [0.25, 0.3) is 0 Å². The predicted octanol–water partition coefficient (Wildman–Crippen LogP) is 5.24. The average Bonchev–Trinajstić information content (AvgIpc) is 2.45. The first-order chi connectivity index (χ1) is 9.52. The quantitative estimate of drug-likeness (QED) is 0.830. The van der Waals surface area contributed by atoms with Crippen molar-refractivity contribution in [1.82, 2.24) is 0 Å². The second kappa shape index (κ2) is 7.59. The van der Waals surface area contributed by atoms with Gasteiger partial charge < -0.3 is 10.5 Å². The van der Waals surface area contributed by atoms with Crippen molar-refractivity contribution in [3.05, 3.63) is 58.6 Å². The molecule has 0 fully saturated rings. The van der Waals surface area contributed by atoms with E-state index in [1.807, 2.05) is 6.92 Å². The Labute approximate surface area is 133 Å². The summed E-state index contributed by atoms with van der Waals surface area (Å²) < 4.78 is 33.3. The summed E-state index contributed by atoms with van der Waals surface area (Å²) in [7, 11) is 0. The van der Waals surface area contributed by atoms with Crippen LogP contribution in [0.5, 0.6) is 11.5 Å². The van der Waals surface area contributed by atoms with Crippen LogP contribution < -0.4 is 10.5 Å². The molecule has 2 nitrogen and oxygen atoms in total. The highest BCUT2D eigenvalue weighted by Crippen LogP contribution is 2.32. The van der Waals surface area contributed by atoms with Crippen molar-refractivity contribution in [3.63, 3.8) is 0 Å². The van der Waals surface area contributed by atoms with Crippen LogP contribution in [0, 0.1) is 11.6 Å². The number of hydrogen-bond acceptors (Lipinski definition) is 2. The fourth-order valence-corrected chi connectivity index (χ4v) is 1.89. The van der Waals surface area contributed by atoms with Gasteiger partial charge in [-0.3, -0.25) is 0 Å². The van der Waals surface area contributed by atoms with Crippen LogP contribution in [0.15, 0.2) is 36.4 Å². The van der Waals surface area contributed by atoms with Crippen molar-refractivity contribution < 1.29 is 13.5 Å². The largest absolute Gasteiger partial charge is 0.451 e. The Morgan fingerprint density at radius 2 is 1.76 bits per heavy atom. The van der Waals surface area contributed by atoms with Crippen LogP contribution >= 0.6 is 24.0 Å². The molecule has 21 heavy (non-hydrogen) atoms. The van der Waals surface area contributed by atoms with Gasteiger partial charge in [-0.2, -0.15) is 0 Å². The zero-order valence-electron chi connectivity index (χ0n) is 11.3. The highest BCUT2D eigenvalue weighted by atomic mass is 35.5. The van der Waals surface area contributed by atoms with Crippen molar-refractivity contribution >= 4 is 24.0 Å². The molecule has 114 valence electrons. The smallest absolute Gasteiger partial charge is 0.198 e. The summed E-state index contributed by atoms with van der Waals surface area (Å²) in [6, 6.07) is 8.22. The summed E-state index contributed by atoms with van der Waals surface area (Å²) in [6.45, 7) is 1.83. The van der Waals surface area contributed by atoms with Gasteiger partial charge in [-0.15, -0.1) is 12.4 Å². The van der Waals surface area contributed by atoms with Gasteiger partial charge in [0.05, 0.1) is 0 Å². The lowest BCUT2D eigenvalue weighted by Crippen LogP contribution is -2.11. The first kappa shape index (κ1) is 17.7. The minimum atomic E-state index is -0.774. The molecule has 6 heteroatoms. The van der Waals surface area contributed by atoms with E-state index < -0.39 is 23.4 Å². The molecule has 0 bridgehead atoms. The number of ether oxygens (including phenoxy) is 1. The first-order valence-electron chi connectivity index (χ1n) is 6.19. The maximum Gasteiger partial charge on any atom is 0.198 e. The molecular formula is C15H15Cl2F2NO. The van der Waals surface area contributed by atoms with Gasteiger partial charge in [-0.25, -0.2) is 8.78 Å². The van der Waals surface area contributed by atoms with Crippen LogP contribution in [0.2, 0.25) is 5.02 Å². The van der Waals surface area contributed by atoms with Crippen LogP contribution in [-0.2, 0) is 0 Å². The third-order valence-electron chi connectivity index (χ3n) is 2.95. The van der Waals surface area contributed by atoms with Gasteiger partial charge in [-0.1, -0.05) is 24.6 Å². The predicted molar refractivity (Wildman–Crippen MR) is 82.4 cm³/mol. The molecule has 2 aromatic carbocycles. The van der Waals surface area contributed by atoms with E-state index in [-0.39, 0.29) is 18.0 Å². The highest BCUT2D eigenvalue weighted by molar-refractivity contribution is 6.30. The van der Waals surface area contributed by atoms with Crippen molar-refractivity contribution in [2.24, 2.45) is 5.73 Å². The minimum absolute atomic E-state index is 0. The first-order valence-corrected chi connectivity index (χ1v) is 6.57. The molecule has 0 aliphatic heterocycles. The van der Waals surface area contributed by atoms with E-state index in [0.717, 1.165) is 6.07 Å². The average molecular weight is 334 g/mol. The maximum atomic E-state index is 14.3. The topological polar surface area (TPSA) is 35.2 Å². The lowest BCUT2D eigenvalue weighted by Gasteiger charge is -2.14. The fourth-order valence-electron chi connectivity index (χ4n) is 1.77. The van der Waals surface area contributed by atoms with E-state index in [1.165, 1.54) is 18.2 Å². The number of rotatable bonds is 4. The summed E-state index contributed by atoms with van der Waals surface area (Å²) in [5.41, 5.74) is 6.03. The number of halogens is 4. The molecule has 0 heterocycles. The van der Waals surface area contributed by atoms with Crippen LogP contribution in [0.4, 0.5) is 8.78 Å². The van der Waals surface area contributed by atoms with Gasteiger partial charge in [0.1, 0.15) is 5.75 Å². The monoisotopic (exact) mass is 333 g/mol. The Balaban J connectivity index is 0.00000220. The van der Waals surface area contributed by atoms with Gasteiger partial charge in [0, 0.05) is 16.6 Å². The Morgan fingerprint density at radius 1 is 1.14 bits per heavy atom. The van der Waals surface area contributed by atoms with Crippen molar-refractivity contribution in [2.75, 3.05) is 0 Å². The zero-order valence-corrected chi connectivity index (χ0v) is 12.8. The lowest BCUT2D eigenvalue weighted by atomic mass is 10.0. The fraction of sp³-hybridized carbons (Fsp3) is 0.200. The van der Waals surface area contributed by atoms with Crippen LogP contribution in [0.25, 0.3) is 0 Å². The lowest BCUT2D eigenvalue weighted by molar-refractivity contribution is 0.401. The van der Waals surface area contributed by atoms with Gasteiger partial charge in [-0.05, 0) is 36.8 Å². The molecule has 0 saturated carbocycles. The Morgan fingerprint density at radius 3 is 2.33 bits per heavy atom. The minimum Gasteiger partial charge on any atom is -0.451 e. The second-order valence-electron chi connectivity index (χ2n) is 4.35. The molecule has 0 aromatic heterocycles. The number of nitrogens with two attached hydrogens (primary N) is 1. The van der Waals surface area contributed by atoms with E-state index in [2.05, 4.69) is 0 Å². The van der Waals surface area contributed by atoms with Crippen molar-refractivity contribution in [2.45, 2.75) is 19.4 Å². The second-order valence-corrected chi connectivity index (χ2v) is 4.79. The third-order valence-corrected chi connectivity index (χ3v) is 3.20. The molecular weight excluding hydrogens is 319 g/mol.